The predicted octanol–water partition coefficient (Wildman–Crippen LogP) is 13.1. The van der Waals surface area contributed by atoms with E-state index in [9.17, 15) is 19.7 Å². The van der Waals surface area contributed by atoms with Crippen LogP contribution in [0.4, 0.5) is 52.0 Å². The maximum Gasteiger partial charge on any atom is 0.271 e. The number of carbonyl (C=O) groups is 2. The number of rotatable bonds is 17. The third-order valence-electron chi connectivity index (χ3n) is 16.2. The zero-order chi connectivity index (χ0) is 68.8. The van der Waals surface area contributed by atoms with Gasteiger partial charge in [0.2, 0.25) is 17.8 Å². The van der Waals surface area contributed by atoms with Gasteiger partial charge in [0.05, 0.1) is 27.7 Å². The Balaban J connectivity index is 0.000000148. The van der Waals surface area contributed by atoms with E-state index in [1.807, 2.05) is 142 Å². The van der Waals surface area contributed by atoms with E-state index in [0.29, 0.717) is 46.0 Å². The number of nitrogen functional groups attached to an aromatic ring is 1. The van der Waals surface area contributed by atoms with Crippen molar-refractivity contribution < 1.29 is 14.5 Å². The van der Waals surface area contributed by atoms with Gasteiger partial charge in [0.15, 0.2) is 0 Å². The minimum Gasteiger partial charge on any atom is -0.399 e. The summed E-state index contributed by atoms with van der Waals surface area (Å²) in [5, 5.41) is 23.0. The second kappa shape index (κ2) is 34.4. The van der Waals surface area contributed by atoms with Gasteiger partial charge in [0, 0.05) is 184 Å². The molecule has 2 aliphatic heterocycles. The molecule has 498 valence electrons. The number of nitrogens with one attached hydrogen (secondary N) is 4. The van der Waals surface area contributed by atoms with Gasteiger partial charge in [-0.2, -0.15) is 0 Å². The molecule has 2 saturated heterocycles. The summed E-state index contributed by atoms with van der Waals surface area (Å²) in [7, 11) is 4.31. The van der Waals surface area contributed by atoms with Crippen LogP contribution < -0.4 is 27.0 Å². The van der Waals surface area contributed by atoms with Crippen LogP contribution in [0.2, 0.25) is 0 Å². The number of carbonyl (C=O) groups excluding carboxylic acids is 2. The fraction of sp³-hybridized carbons (Fsp3) is 0.203. The molecule has 0 bridgehead atoms. The van der Waals surface area contributed by atoms with Gasteiger partial charge >= 0.3 is 0 Å². The maximum atomic E-state index is 12.9. The number of pyridine rings is 3. The van der Waals surface area contributed by atoms with Crippen LogP contribution in [-0.4, -0.2) is 147 Å². The van der Waals surface area contributed by atoms with Crippen molar-refractivity contribution in [2.24, 2.45) is 0 Å². The topological polar surface area (TPSA) is 280 Å². The number of piperazine rings is 2. The summed E-state index contributed by atoms with van der Waals surface area (Å²) in [5.74, 6) is 1.24. The number of nitro benzene ring substituents is 1. The lowest BCUT2D eigenvalue weighted by molar-refractivity contribution is -0.384. The molecule has 24 heteroatoms. The van der Waals surface area contributed by atoms with Gasteiger partial charge in [-0.15, -0.1) is 0 Å². The summed E-state index contributed by atoms with van der Waals surface area (Å²) in [5.41, 5.74) is 21.2. The summed E-state index contributed by atoms with van der Waals surface area (Å²) >= 11 is 5.41. The standard InChI is InChI=1S/C29H31N7O.C16H13N5O2.C16H15N5.C13H17ClN2O/c1-21-5-10-25(18-27(21)34-29-31-13-11-26(33-29)24-4-3-12-30-19-24)32-28(37)23-8-6-22(7-9-23)20-36-16-14-35(2)15-17-36;1-11-4-5-13(21(22)23)9-15(11)20-16-18-8-6-14(19-16)12-3-2-7-17-10-12;1-11-4-5-13(17)9-15(11)21-16-19-8-6-14(20-16)12-3-2-7-18-10-12;1-15-6-8-16(9-7-15)10-11-2-4-12(5-3-11)13(14)17/h3-13,18-19H,14-17,20H2,1-2H3,(H,32,37)(H,31,33,34);2-10H,1H3,(H,18,19,20);2-10H,17H2,1H3,(H,19,20,21);2-5H,6-10H2,1H3. The summed E-state index contributed by atoms with van der Waals surface area (Å²) in [4.78, 5) is 82.5. The average molecular weight is 1330 g/mol. The summed E-state index contributed by atoms with van der Waals surface area (Å²) in [6.07, 6.45) is 15.5. The van der Waals surface area contributed by atoms with Gasteiger partial charge in [-0.1, -0.05) is 42.5 Å². The number of nitrogens with two attached hydrogens (primary N) is 1. The number of likely N-dealkylation sites (N-methyl/N-ethyl adjacent to an activating group) is 2. The van der Waals surface area contributed by atoms with E-state index >= 15 is 0 Å². The number of nitrogens with zero attached hydrogens (tertiary/aromatic N) is 14. The Hall–Kier alpha value is -11.3. The number of aryl methyl sites for hydroxylation is 3. The van der Waals surface area contributed by atoms with Gasteiger partial charge in [-0.3, -0.25) is 44.5 Å². The Bertz CT molecular complexity index is 4430. The molecule has 0 spiro atoms. The van der Waals surface area contributed by atoms with Crippen molar-refractivity contribution in [2.45, 2.75) is 33.9 Å². The van der Waals surface area contributed by atoms with Crippen molar-refractivity contribution >= 4 is 74.7 Å². The van der Waals surface area contributed by atoms with E-state index in [4.69, 9.17) is 17.3 Å². The summed E-state index contributed by atoms with van der Waals surface area (Å²) in [6, 6.07) is 48.4. The minimum absolute atomic E-state index is 0.0153. The molecule has 1 amide bonds. The number of benzene rings is 5. The Morgan fingerprint density at radius 3 is 1.30 bits per heavy atom. The third kappa shape index (κ3) is 20.6. The fourth-order valence-corrected chi connectivity index (χ4v) is 10.5. The number of hydrogen-bond donors (Lipinski definition) is 5. The highest BCUT2D eigenvalue weighted by atomic mass is 35.5. The zero-order valence-electron chi connectivity index (χ0n) is 55.1. The molecule has 23 nitrogen and oxygen atoms in total. The molecule has 11 aromatic rings. The molecule has 6 N–H and O–H groups in total. The summed E-state index contributed by atoms with van der Waals surface area (Å²) < 4.78 is 0. The number of amides is 1. The molecule has 0 radical (unpaired) electrons. The monoisotopic (exact) mass is 1330 g/mol. The van der Waals surface area contributed by atoms with E-state index in [2.05, 4.69) is 99.8 Å². The van der Waals surface area contributed by atoms with Crippen molar-refractivity contribution in [3.63, 3.8) is 0 Å². The number of non-ortho nitro benzene ring substituents is 1. The largest absolute Gasteiger partial charge is 0.399 e. The number of halogens is 1. The van der Waals surface area contributed by atoms with Crippen LogP contribution in [-0.2, 0) is 13.1 Å². The number of anilines is 8. The molecule has 0 atom stereocenters. The highest BCUT2D eigenvalue weighted by Crippen LogP contribution is 2.28. The van der Waals surface area contributed by atoms with E-state index in [1.165, 1.54) is 23.3 Å². The zero-order valence-corrected chi connectivity index (χ0v) is 55.9. The first-order valence-electron chi connectivity index (χ1n) is 31.8. The van der Waals surface area contributed by atoms with Crippen LogP contribution in [0.3, 0.4) is 0 Å². The van der Waals surface area contributed by atoms with Crippen molar-refractivity contribution in [1.82, 2.24) is 64.5 Å². The molecular formula is C74H76ClN19O4. The smallest absolute Gasteiger partial charge is 0.271 e. The van der Waals surface area contributed by atoms with Crippen molar-refractivity contribution in [2.75, 3.05) is 93.5 Å². The second-order valence-corrected chi connectivity index (χ2v) is 23.9. The third-order valence-corrected chi connectivity index (χ3v) is 16.4. The van der Waals surface area contributed by atoms with E-state index in [1.54, 1.807) is 80.0 Å². The number of hydrogen-bond acceptors (Lipinski definition) is 21. The molecule has 98 heavy (non-hydrogen) atoms. The first-order valence-corrected chi connectivity index (χ1v) is 32.2. The number of nitro groups is 1. The SMILES string of the molecule is CN1CCN(Cc2ccc(C(=O)Cl)cc2)CC1.Cc1ccc(N)cc1Nc1nccc(-c2cccnc2)n1.Cc1ccc(NC(=O)c2ccc(CN3CCN(C)CC3)cc2)cc1Nc1nccc(-c2cccnc2)n1.Cc1ccc([N+](=O)[O-])cc1Nc1nccc(-c2cccnc2)n1. The molecule has 2 aliphatic rings. The lowest BCUT2D eigenvalue weighted by atomic mass is 10.1. The van der Waals surface area contributed by atoms with Crippen LogP contribution in [0.25, 0.3) is 33.8 Å². The van der Waals surface area contributed by atoms with Gasteiger partial charge in [-0.05, 0) is 177 Å². The van der Waals surface area contributed by atoms with Crippen LogP contribution in [0.1, 0.15) is 48.5 Å². The maximum absolute atomic E-state index is 12.9. The van der Waals surface area contributed by atoms with Gasteiger partial charge in [0.25, 0.3) is 16.8 Å². The van der Waals surface area contributed by atoms with Crippen LogP contribution in [0, 0.1) is 30.9 Å². The highest BCUT2D eigenvalue weighted by molar-refractivity contribution is 6.67. The molecule has 5 aromatic carbocycles. The Morgan fingerprint density at radius 1 is 0.490 bits per heavy atom. The Morgan fingerprint density at radius 2 is 0.888 bits per heavy atom. The molecule has 2 fully saturated rings. The van der Waals surface area contributed by atoms with Gasteiger partial charge < -0.3 is 36.8 Å². The molecule has 0 aliphatic carbocycles. The lowest BCUT2D eigenvalue weighted by Crippen LogP contribution is -2.43. The molecule has 0 saturated carbocycles. The van der Waals surface area contributed by atoms with Crippen LogP contribution in [0.5, 0.6) is 0 Å². The predicted molar refractivity (Wildman–Crippen MR) is 387 cm³/mol. The van der Waals surface area contributed by atoms with Crippen LogP contribution in [0.15, 0.2) is 213 Å². The minimum atomic E-state index is -0.433. The van der Waals surface area contributed by atoms with E-state index in [0.717, 1.165) is 127 Å². The Kier molecular flexibility index (Phi) is 24.4. The van der Waals surface area contributed by atoms with E-state index < -0.39 is 10.2 Å². The number of aromatic nitrogens is 9. The average Bonchev–Trinajstić information content (AvgIpc) is 1.01. The van der Waals surface area contributed by atoms with Gasteiger partial charge in [-0.25, -0.2) is 29.9 Å². The van der Waals surface area contributed by atoms with Crippen molar-refractivity contribution in [3.8, 4) is 33.8 Å². The summed E-state index contributed by atoms with van der Waals surface area (Å²) in [6.45, 7) is 16.5. The van der Waals surface area contributed by atoms with Gasteiger partial charge in [0.1, 0.15) is 0 Å². The van der Waals surface area contributed by atoms with Crippen molar-refractivity contribution in [3.05, 3.63) is 263 Å². The first-order chi connectivity index (χ1) is 47.5. The fourth-order valence-electron chi connectivity index (χ4n) is 10.3. The Labute approximate surface area is 574 Å². The molecular weight excluding hydrogens is 1250 g/mol. The molecule has 13 rings (SSSR count). The second-order valence-electron chi connectivity index (χ2n) is 23.5. The normalized spacial score (nSPS) is 13.2. The molecule has 0 unspecified atom stereocenters. The molecule has 8 heterocycles. The molecule has 6 aromatic heterocycles. The quantitative estimate of drug-likeness (QED) is 0.0245. The highest BCUT2D eigenvalue weighted by Gasteiger charge is 2.18. The van der Waals surface area contributed by atoms with Crippen molar-refractivity contribution in [1.29, 1.82) is 0 Å². The van der Waals surface area contributed by atoms with E-state index in [-0.39, 0.29) is 11.6 Å². The van der Waals surface area contributed by atoms with Crippen LogP contribution >= 0.6 is 11.6 Å². The first kappa shape index (κ1) is 69.5. The lowest BCUT2D eigenvalue weighted by Gasteiger charge is -2.32.